The third kappa shape index (κ3) is 5.70. The Morgan fingerprint density at radius 1 is 1.53 bits per heavy atom. The summed E-state index contributed by atoms with van der Waals surface area (Å²) in [7, 11) is 0. The molecular weight excluding hydrogens is 258 g/mol. The van der Waals surface area contributed by atoms with E-state index in [9.17, 15) is 4.79 Å². The van der Waals surface area contributed by atoms with Gasteiger partial charge in [-0.05, 0) is 32.1 Å². The number of unbranched alkanes of at least 4 members (excludes halogenated alkanes) is 1. The summed E-state index contributed by atoms with van der Waals surface area (Å²) in [5.74, 6) is 0.206. The van der Waals surface area contributed by atoms with Gasteiger partial charge in [0.15, 0.2) is 0 Å². The first kappa shape index (κ1) is 16.1. The summed E-state index contributed by atoms with van der Waals surface area (Å²) < 4.78 is 0. The first-order valence-electron chi connectivity index (χ1n) is 6.98. The molecule has 0 saturated heterocycles. The van der Waals surface area contributed by atoms with Crippen molar-refractivity contribution >= 4 is 17.2 Å². The Bertz CT molecular complexity index is 392. The number of amides is 1. The van der Waals surface area contributed by atoms with Crippen LogP contribution in [0, 0.1) is 12.8 Å². The van der Waals surface area contributed by atoms with Gasteiger partial charge in [0, 0.05) is 17.6 Å². The molecule has 2 atom stereocenters. The van der Waals surface area contributed by atoms with Gasteiger partial charge in [0.05, 0.1) is 11.0 Å². The molecule has 0 saturated carbocycles. The van der Waals surface area contributed by atoms with Crippen LogP contribution in [0.25, 0.3) is 0 Å². The number of nitrogens with zero attached hydrogens (tertiary/aromatic N) is 1. The fraction of sp³-hybridized carbons (Fsp3) is 0.714. The summed E-state index contributed by atoms with van der Waals surface area (Å²) in [5.41, 5.74) is 6.95. The van der Waals surface area contributed by atoms with Crippen LogP contribution < -0.4 is 11.1 Å². The quantitative estimate of drug-likeness (QED) is 0.719. The molecule has 1 rings (SSSR count). The molecule has 5 heteroatoms. The van der Waals surface area contributed by atoms with Gasteiger partial charge in [-0.3, -0.25) is 4.79 Å². The third-order valence-electron chi connectivity index (χ3n) is 3.34. The second kappa shape index (κ2) is 8.27. The number of carbonyl (C=O) groups excluding carboxylic acids is 1. The molecule has 0 radical (unpaired) electrons. The molecule has 0 bridgehead atoms. The van der Waals surface area contributed by atoms with Crippen molar-refractivity contribution < 1.29 is 4.79 Å². The summed E-state index contributed by atoms with van der Waals surface area (Å²) in [4.78, 5) is 16.2. The normalized spacial score (nSPS) is 14.1. The van der Waals surface area contributed by atoms with E-state index in [4.69, 9.17) is 5.73 Å². The summed E-state index contributed by atoms with van der Waals surface area (Å²) in [6.07, 6.45) is 3.94. The van der Waals surface area contributed by atoms with Crippen LogP contribution in [0.2, 0.25) is 0 Å². The molecule has 1 aromatic heterocycles. The largest absolute Gasteiger partial charge is 0.355 e. The number of thiazole rings is 1. The molecule has 108 valence electrons. The van der Waals surface area contributed by atoms with Crippen molar-refractivity contribution in [1.29, 1.82) is 0 Å². The number of hydrogen-bond acceptors (Lipinski definition) is 4. The minimum absolute atomic E-state index is 0.0283. The highest BCUT2D eigenvalue weighted by Crippen LogP contribution is 2.11. The van der Waals surface area contributed by atoms with Crippen molar-refractivity contribution in [3.8, 4) is 0 Å². The predicted molar refractivity (Wildman–Crippen MR) is 80.2 cm³/mol. The van der Waals surface area contributed by atoms with Gasteiger partial charge in [0.2, 0.25) is 5.91 Å². The molecule has 0 spiro atoms. The molecule has 4 nitrogen and oxygen atoms in total. The Kier molecular flexibility index (Phi) is 7.02. The first-order valence-corrected chi connectivity index (χ1v) is 7.86. The smallest absolute Gasteiger partial charge is 0.237 e. The lowest BCUT2D eigenvalue weighted by Crippen LogP contribution is -2.44. The zero-order valence-electron chi connectivity index (χ0n) is 12.1. The number of hydrogen-bond donors (Lipinski definition) is 2. The van der Waals surface area contributed by atoms with Crippen LogP contribution in [0.3, 0.4) is 0 Å². The molecule has 3 N–H and O–H groups in total. The lowest BCUT2D eigenvalue weighted by molar-refractivity contribution is -0.123. The maximum absolute atomic E-state index is 11.7. The number of rotatable bonds is 8. The van der Waals surface area contributed by atoms with E-state index in [1.165, 1.54) is 5.01 Å². The first-order chi connectivity index (χ1) is 9.04. The van der Waals surface area contributed by atoms with Crippen LogP contribution in [0.5, 0.6) is 0 Å². The van der Waals surface area contributed by atoms with Crippen LogP contribution in [-0.4, -0.2) is 23.5 Å². The highest BCUT2D eigenvalue weighted by molar-refractivity contribution is 7.09. The predicted octanol–water partition coefficient (Wildman–Crippen LogP) is 2.26. The Morgan fingerprint density at radius 3 is 2.84 bits per heavy atom. The van der Waals surface area contributed by atoms with E-state index in [0.29, 0.717) is 6.54 Å². The molecule has 0 aliphatic heterocycles. The Labute approximate surface area is 119 Å². The van der Waals surface area contributed by atoms with Crippen LogP contribution in [-0.2, 0) is 11.2 Å². The van der Waals surface area contributed by atoms with E-state index in [1.54, 1.807) is 11.3 Å². The number of carbonyl (C=O) groups is 1. The molecule has 0 aliphatic carbocycles. The maximum Gasteiger partial charge on any atom is 0.237 e. The molecule has 1 heterocycles. The summed E-state index contributed by atoms with van der Waals surface area (Å²) in [6.45, 7) is 6.77. The van der Waals surface area contributed by atoms with Crippen LogP contribution in [0.1, 0.15) is 43.8 Å². The zero-order valence-corrected chi connectivity index (χ0v) is 12.9. The fourth-order valence-electron chi connectivity index (χ4n) is 1.76. The van der Waals surface area contributed by atoms with Crippen molar-refractivity contribution in [2.24, 2.45) is 11.7 Å². The van der Waals surface area contributed by atoms with Crippen LogP contribution in [0.4, 0.5) is 0 Å². The van der Waals surface area contributed by atoms with Crippen molar-refractivity contribution in [1.82, 2.24) is 10.3 Å². The van der Waals surface area contributed by atoms with Gasteiger partial charge in [-0.25, -0.2) is 4.98 Å². The summed E-state index contributed by atoms with van der Waals surface area (Å²) in [6, 6.07) is -0.383. The van der Waals surface area contributed by atoms with Gasteiger partial charge in [-0.2, -0.15) is 0 Å². The SMILES string of the molecule is CCC(C)C(N)C(=O)NCCCCc1nc(C)cs1. The minimum atomic E-state index is -0.383. The standard InChI is InChI=1S/C14H25N3OS/c1-4-10(2)13(15)14(18)16-8-6-5-7-12-17-11(3)9-19-12/h9-10,13H,4-8,15H2,1-3H3,(H,16,18). The van der Waals surface area contributed by atoms with Gasteiger partial charge in [0.25, 0.3) is 0 Å². The lowest BCUT2D eigenvalue weighted by atomic mass is 9.99. The Morgan fingerprint density at radius 2 is 2.26 bits per heavy atom. The molecule has 0 fully saturated rings. The van der Waals surface area contributed by atoms with Crippen molar-refractivity contribution in [3.05, 3.63) is 16.1 Å². The average molecular weight is 283 g/mol. The van der Waals surface area contributed by atoms with E-state index in [-0.39, 0.29) is 17.9 Å². The van der Waals surface area contributed by atoms with Crippen LogP contribution in [0.15, 0.2) is 5.38 Å². The number of nitrogens with two attached hydrogens (primary N) is 1. The van der Waals surface area contributed by atoms with Crippen LogP contribution >= 0.6 is 11.3 Å². The van der Waals surface area contributed by atoms with Crippen molar-refractivity contribution in [2.75, 3.05) is 6.54 Å². The number of nitrogens with one attached hydrogen (secondary N) is 1. The summed E-state index contributed by atoms with van der Waals surface area (Å²) in [5, 5.41) is 6.16. The van der Waals surface area contributed by atoms with Gasteiger partial charge >= 0.3 is 0 Å². The highest BCUT2D eigenvalue weighted by Gasteiger charge is 2.18. The van der Waals surface area contributed by atoms with Gasteiger partial charge < -0.3 is 11.1 Å². The second-order valence-electron chi connectivity index (χ2n) is 5.04. The topological polar surface area (TPSA) is 68.0 Å². The highest BCUT2D eigenvalue weighted by atomic mass is 32.1. The molecule has 1 aromatic rings. The molecule has 19 heavy (non-hydrogen) atoms. The van der Waals surface area contributed by atoms with E-state index in [1.807, 2.05) is 20.8 Å². The molecule has 1 amide bonds. The maximum atomic E-state index is 11.7. The Balaban J connectivity index is 2.12. The van der Waals surface area contributed by atoms with E-state index < -0.39 is 0 Å². The lowest BCUT2D eigenvalue weighted by Gasteiger charge is -2.17. The van der Waals surface area contributed by atoms with E-state index in [2.05, 4.69) is 15.7 Å². The molecule has 0 aromatic carbocycles. The minimum Gasteiger partial charge on any atom is -0.355 e. The van der Waals surface area contributed by atoms with Crippen molar-refractivity contribution in [2.45, 2.75) is 52.5 Å². The van der Waals surface area contributed by atoms with E-state index in [0.717, 1.165) is 31.4 Å². The third-order valence-corrected chi connectivity index (χ3v) is 4.37. The number of aromatic nitrogens is 1. The monoisotopic (exact) mass is 283 g/mol. The fourth-order valence-corrected chi connectivity index (χ4v) is 2.58. The summed E-state index contributed by atoms with van der Waals surface area (Å²) >= 11 is 1.71. The zero-order chi connectivity index (χ0) is 14.3. The molecular formula is C14H25N3OS. The molecule has 0 aliphatic rings. The molecule has 2 unspecified atom stereocenters. The Hall–Kier alpha value is -0.940. The second-order valence-corrected chi connectivity index (χ2v) is 5.98. The van der Waals surface area contributed by atoms with E-state index >= 15 is 0 Å². The van der Waals surface area contributed by atoms with Gasteiger partial charge in [-0.1, -0.05) is 20.3 Å². The van der Waals surface area contributed by atoms with Crippen molar-refractivity contribution in [3.63, 3.8) is 0 Å². The average Bonchev–Trinajstić information content (AvgIpc) is 2.82. The van der Waals surface area contributed by atoms with Gasteiger partial charge in [0.1, 0.15) is 0 Å². The number of aryl methyl sites for hydroxylation is 2. The van der Waals surface area contributed by atoms with Gasteiger partial charge in [-0.15, -0.1) is 11.3 Å².